The Hall–Kier alpha value is -2.25. The van der Waals surface area contributed by atoms with E-state index in [-0.39, 0.29) is 24.9 Å². The number of aryl methyl sites for hydroxylation is 1. The van der Waals surface area contributed by atoms with Crippen molar-refractivity contribution < 1.29 is 17.9 Å². The molecule has 0 unspecified atom stereocenters. The Labute approximate surface area is 184 Å². The number of halogens is 1. The van der Waals surface area contributed by atoms with E-state index in [0.717, 1.165) is 29.6 Å². The largest absolute Gasteiger partial charge is 0.496 e. The van der Waals surface area contributed by atoms with Gasteiger partial charge in [-0.15, -0.1) is 0 Å². The minimum Gasteiger partial charge on any atom is -0.496 e. The van der Waals surface area contributed by atoms with Crippen LogP contribution in [0.3, 0.4) is 0 Å². The molecule has 2 rings (SSSR count). The van der Waals surface area contributed by atoms with E-state index in [9.17, 15) is 13.2 Å². The van der Waals surface area contributed by atoms with E-state index in [4.69, 9.17) is 16.3 Å². The number of hydrogen-bond acceptors (Lipinski definition) is 4. The predicted molar refractivity (Wildman–Crippen MR) is 122 cm³/mol. The maximum absolute atomic E-state index is 12.5. The van der Waals surface area contributed by atoms with Crippen molar-refractivity contribution >= 4 is 33.2 Å². The quantitative estimate of drug-likeness (QED) is 0.577. The molecule has 1 atom stereocenters. The van der Waals surface area contributed by atoms with Gasteiger partial charge in [-0.3, -0.25) is 9.10 Å². The second-order valence-electron chi connectivity index (χ2n) is 7.17. The number of ether oxygens (including phenoxy) is 1. The lowest BCUT2D eigenvalue weighted by Gasteiger charge is -2.23. The summed E-state index contributed by atoms with van der Waals surface area (Å²) in [4.78, 5) is 12.5. The van der Waals surface area contributed by atoms with Gasteiger partial charge in [-0.05, 0) is 61.2 Å². The number of amides is 1. The van der Waals surface area contributed by atoms with Gasteiger partial charge in [-0.1, -0.05) is 30.7 Å². The summed E-state index contributed by atoms with van der Waals surface area (Å²) in [5.74, 6) is 0.697. The molecule has 30 heavy (non-hydrogen) atoms. The van der Waals surface area contributed by atoms with Crippen molar-refractivity contribution in [1.29, 1.82) is 0 Å². The Kier molecular flexibility index (Phi) is 8.55. The lowest BCUT2D eigenvalue weighted by atomic mass is 10.0. The van der Waals surface area contributed by atoms with Crippen molar-refractivity contribution in [1.82, 2.24) is 5.32 Å². The highest BCUT2D eigenvalue weighted by atomic mass is 35.5. The van der Waals surface area contributed by atoms with Crippen molar-refractivity contribution in [2.45, 2.75) is 39.2 Å². The molecule has 0 spiro atoms. The van der Waals surface area contributed by atoms with Gasteiger partial charge in [0.1, 0.15) is 5.75 Å². The van der Waals surface area contributed by atoms with Gasteiger partial charge in [0, 0.05) is 18.0 Å². The van der Waals surface area contributed by atoms with E-state index in [1.807, 2.05) is 32.0 Å². The highest BCUT2D eigenvalue weighted by Gasteiger charge is 2.19. The summed E-state index contributed by atoms with van der Waals surface area (Å²) in [7, 11) is -1.83. The summed E-state index contributed by atoms with van der Waals surface area (Å²) >= 11 is 5.89. The SMILES string of the molecule is CC[C@H](NC(=O)CCCN(c1ccc(Cl)cc1)S(C)(=O)=O)c1ccc(OC)c(C)c1. The molecule has 0 aliphatic rings. The third kappa shape index (κ3) is 6.64. The summed E-state index contributed by atoms with van der Waals surface area (Å²) in [6, 6.07) is 12.4. The van der Waals surface area contributed by atoms with Crippen LogP contribution in [0.25, 0.3) is 0 Å². The minimum atomic E-state index is -3.46. The molecule has 0 aromatic heterocycles. The van der Waals surface area contributed by atoms with E-state index in [0.29, 0.717) is 17.1 Å². The highest BCUT2D eigenvalue weighted by molar-refractivity contribution is 7.92. The van der Waals surface area contributed by atoms with Crippen LogP contribution >= 0.6 is 11.6 Å². The second-order valence-corrected chi connectivity index (χ2v) is 9.52. The molecule has 0 radical (unpaired) electrons. The van der Waals surface area contributed by atoms with Crippen LogP contribution in [0.15, 0.2) is 42.5 Å². The van der Waals surface area contributed by atoms with E-state index in [1.54, 1.807) is 31.4 Å². The Morgan fingerprint density at radius 2 is 1.87 bits per heavy atom. The second kappa shape index (κ2) is 10.7. The van der Waals surface area contributed by atoms with Gasteiger partial charge in [0.2, 0.25) is 15.9 Å². The van der Waals surface area contributed by atoms with Crippen molar-refractivity contribution in [3.63, 3.8) is 0 Å². The zero-order chi connectivity index (χ0) is 22.3. The third-order valence-corrected chi connectivity index (χ3v) is 6.29. The first-order valence-corrected chi connectivity index (χ1v) is 12.1. The average molecular weight is 453 g/mol. The van der Waals surface area contributed by atoms with Crippen LogP contribution in [0.1, 0.15) is 43.4 Å². The van der Waals surface area contributed by atoms with E-state index in [2.05, 4.69) is 5.32 Å². The molecule has 0 saturated heterocycles. The molecule has 0 heterocycles. The number of anilines is 1. The number of hydrogen-bond donors (Lipinski definition) is 1. The first kappa shape index (κ1) is 24.0. The number of nitrogens with one attached hydrogen (secondary N) is 1. The fourth-order valence-electron chi connectivity index (χ4n) is 3.28. The molecule has 164 valence electrons. The molecule has 2 aromatic carbocycles. The molecular formula is C22H29ClN2O4S. The van der Waals surface area contributed by atoms with Crippen LogP contribution in [-0.4, -0.2) is 34.2 Å². The Bertz CT molecular complexity index is 962. The third-order valence-electron chi connectivity index (χ3n) is 4.84. The normalized spacial score (nSPS) is 12.3. The van der Waals surface area contributed by atoms with Crippen LogP contribution in [-0.2, 0) is 14.8 Å². The number of sulfonamides is 1. The topological polar surface area (TPSA) is 75.7 Å². The summed E-state index contributed by atoms with van der Waals surface area (Å²) in [6.45, 7) is 4.19. The summed E-state index contributed by atoms with van der Waals surface area (Å²) < 4.78 is 30.9. The summed E-state index contributed by atoms with van der Waals surface area (Å²) in [6.07, 6.45) is 2.53. The Morgan fingerprint density at radius 1 is 1.20 bits per heavy atom. The predicted octanol–water partition coefficient (Wildman–Crippen LogP) is 4.47. The number of carbonyl (C=O) groups is 1. The van der Waals surface area contributed by atoms with Crippen LogP contribution in [0.5, 0.6) is 5.75 Å². The average Bonchev–Trinajstić information content (AvgIpc) is 2.69. The standard InChI is InChI=1S/C22H29ClN2O4S/c1-5-20(17-8-13-21(29-3)16(2)15-17)24-22(26)7-6-14-25(30(4,27)28)19-11-9-18(23)10-12-19/h8-13,15,20H,5-7,14H2,1-4H3,(H,24,26)/t20-/m0/s1. The Balaban J connectivity index is 1.98. The molecule has 0 bridgehead atoms. The van der Waals surface area contributed by atoms with Gasteiger partial charge >= 0.3 is 0 Å². The summed E-state index contributed by atoms with van der Waals surface area (Å²) in [5, 5.41) is 3.58. The van der Waals surface area contributed by atoms with E-state index >= 15 is 0 Å². The van der Waals surface area contributed by atoms with Gasteiger partial charge in [-0.25, -0.2) is 8.42 Å². The van der Waals surface area contributed by atoms with Crippen LogP contribution < -0.4 is 14.4 Å². The zero-order valence-electron chi connectivity index (χ0n) is 17.8. The maximum atomic E-state index is 12.5. The molecule has 0 aliphatic heterocycles. The molecule has 0 aliphatic carbocycles. The minimum absolute atomic E-state index is 0.107. The zero-order valence-corrected chi connectivity index (χ0v) is 19.4. The van der Waals surface area contributed by atoms with E-state index in [1.165, 1.54) is 4.31 Å². The van der Waals surface area contributed by atoms with E-state index < -0.39 is 10.0 Å². The fraction of sp³-hybridized carbons (Fsp3) is 0.409. The molecule has 2 aromatic rings. The summed E-state index contributed by atoms with van der Waals surface area (Å²) in [5.41, 5.74) is 2.56. The number of benzene rings is 2. The maximum Gasteiger partial charge on any atom is 0.232 e. The van der Waals surface area contributed by atoms with Crippen molar-refractivity contribution in [2.75, 3.05) is 24.2 Å². The molecule has 8 heteroatoms. The fourth-order valence-corrected chi connectivity index (χ4v) is 4.37. The molecule has 1 N–H and O–H groups in total. The number of nitrogens with zero attached hydrogens (tertiary/aromatic N) is 1. The van der Waals surface area contributed by atoms with Crippen molar-refractivity contribution in [2.24, 2.45) is 0 Å². The van der Waals surface area contributed by atoms with Gasteiger partial charge in [-0.2, -0.15) is 0 Å². The lowest BCUT2D eigenvalue weighted by molar-refractivity contribution is -0.121. The highest BCUT2D eigenvalue weighted by Crippen LogP contribution is 2.25. The van der Waals surface area contributed by atoms with Crippen molar-refractivity contribution in [3.8, 4) is 5.75 Å². The first-order valence-electron chi connectivity index (χ1n) is 9.83. The molecule has 6 nitrogen and oxygen atoms in total. The molecule has 0 fully saturated rings. The van der Waals surface area contributed by atoms with Crippen LogP contribution in [0.2, 0.25) is 5.02 Å². The lowest BCUT2D eigenvalue weighted by Crippen LogP contribution is -2.33. The molecule has 0 saturated carbocycles. The van der Waals surface area contributed by atoms with Gasteiger partial charge < -0.3 is 10.1 Å². The first-order chi connectivity index (χ1) is 14.2. The van der Waals surface area contributed by atoms with Crippen molar-refractivity contribution in [3.05, 3.63) is 58.6 Å². The van der Waals surface area contributed by atoms with Gasteiger partial charge in [0.25, 0.3) is 0 Å². The smallest absolute Gasteiger partial charge is 0.232 e. The monoisotopic (exact) mass is 452 g/mol. The molecular weight excluding hydrogens is 424 g/mol. The number of methoxy groups -OCH3 is 1. The van der Waals surface area contributed by atoms with Crippen LogP contribution in [0, 0.1) is 6.92 Å². The van der Waals surface area contributed by atoms with Gasteiger partial charge in [0.15, 0.2) is 0 Å². The molecule has 1 amide bonds. The van der Waals surface area contributed by atoms with Gasteiger partial charge in [0.05, 0.1) is 25.1 Å². The number of carbonyl (C=O) groups excluding carboxylic acids is 1. The number of rotatable bonds is 10. The Morgan fingerprint density at radius 3 is 2.40 bits per heavy atom. The van der Waals surface area contributed by atoms with Crippen LogP contribution in [0.4, 0.5) is 5.69 Å².